The Bertz CT molecular complexity index is 1010. The van der Waals surface area contributed by atoms with Gasteiger partial charge in [-0.2, -0.15) is 0 Å². The fraction of sp³-hybridized carbons (Fsp3) is 0.381. The van der Waals surface area contributed by atoms with Gasteiger partial charge in [0, 0.05) is 25.0 Å². The Kier molecular flexibility index (Phi) is 4.90. The van der Waals surface area contributed by atoms with Crippen LogP contribution >= 0.6 is 0 Å². The number of rotatable bonds is 4. The summed E-state index contributed by atoms with van der Waals surface area (Å²) in [6.07, 6.45) is 3.97. The largest absolute Gasteiger partial charge is 0.356 e. The minimum Gasteiger partial charge on any atom is -0.356 e. The first-order chi connectivity index (χ1) is 13.5. The Morgan fingerprint density at radius 2 is 1.93 bits per heavy atom. The van der Waals surface area contributed by atoms with Gasteiger partial charge in [-0.1, -0.05) is 6.07 Å². The quantitative estimate of drug-likeness (QED) is 0.753. The summed E-state index contributed by atoms with van der Waals surface area (Å²) in [4.78, 5) is 33.2. The summed E-state index contributed by atoms with van der Waals surface area (Å²) < 4.78 is 0. The fourth-order valence-electron chi connectivity index (χ4n) is 3.68. The molecule has 0 aliphatic carbocycles. The molecule has 7 heteroatoms. The zero-order valence-electron chi connectivity index (χ0n) is 16.4. The summed E-state index contributed by atoms with van der Waals surface area (Å²) in [7, 11) is 0. The van der Waals surface area contributed by atoms with Gasteiger partial charge in [0.05, 0.1) is 17.1 Å². The molecule has 0 aromatic carbocycles. The van der Waals surface area contributed by atoms with Gasteiger partial charge in [-0.05, 0) is 57.4 Å². The molecular formula is C21H24N6O. The van der Waals surface area contributed by atoms with Crippen molar-refractivity contribution in [3.05, 3.63) is 53.2 Å². The number of nitrogens with one attached hydrogen (secondary N) is 1. The van der Waals surface area contributed by atoms with Crippen LogP contribution in [0.1, 0.15) is 53.4 Å². The van der Waals surface area contributed by atoms with Gasteiger partial charge in [0.15, 0.2) is 5.65 Å². The van der Waals surface area contributed by atoms with Crippen LogP contribution in [0.25, 0.3) is 11.0 Å². The van der Waals surface area contributed by atoms with E-state index in [0.29, 0.717) is 5.65 Å². The number of carbonyl (C=O) groups excluding carboxylic acids is 1. The summed E-state index contributed by atoms with van der Waals surface area (Å²) >= 11 is 0. The van der Waals surface area contributed by atoms with Crippen molar-refractivity contribution in [3.8, 4) is 0 Å². The van der Waals surface area contributed by atoms with Gasteiger partial charge in [-0.15, -0.1) is 0 Å². The predicted molar refractivity (Wildman–Crippen MR) is 108 cm³/mol. The first-order valence-electron chi connectivity index (χ1n) is 9.65. The summed E-state index contributed by atoms with van der Waals surface area (Å²) in [6.45, 7) is 7.75. The van der Waals surface area contributed by atoms with Crippen LogP contribution in [0.2, 0.25) is 0 Å². The maximum atomic E-state index is 12.9. The lowest BCUT2D eigenvalue weighted by atomic mass is 10.1. The van der Waals surface area contributed by atoms with Gasteiger partial charge in [-0.3, -0.25) is 9.78 Å². The zero-order valence-corrected chi connectivity index (χ0v) is 16.4. The van der Waals surface area contributed by atoms with Crippen LogP contribution < -0.4 is 10.2 Å². The Hall–Kier alpha value is -3.09. The number of aromatic nitrogens is 4. The molecule has 0 spiro atoms. The second-order valence-electron chi connectivity index (χ2n) is 7.29. The van der Waals surface area contributed by atoms with Crippen molar-refractivity contribution in [2.24, 2.45) is 0 Å². The van der Waals surface area contributed by atoms with Gasteiger partial charge in [-0.25, -0.2) is 15.0 Å². The maximum absolute atomic E-state index is 12.9. The van der Waals surface area contributed by atoms with Crippen molar-refractivity contribution >= 4 is 22.8 Å². The molecule has 1 saturated heterocycles. The van der Waals surface area contributed by atoms with E-state index in [0.717, 1.165) is 54.1 Å². The average molecular weight is 376 g/mol. The van der Waals surface area contributed by atoms with E-state index in [1.165, 1.54) is 0 Å². The fourth-order valence-corrected chi connectivity index (χ4v) is 3.68. The van der Waals surface area contributed by atoms with Crippen molar-refractivity contribution in [2.45, 2.75) is 39.7 Å². The molecule has 0 unspecified atom stereocenters. The SMILES string of the molecule is Cc1cc(C)c2c(N3CCCC3)nc(C(=O)N[C@H](C)c3ccccn3)nc2n1. The Labute approximate surface area is 164 Å². The monoisotopic (exact) mass is 376 g/mol. The van der Waals surface area contributed by atoms with Gasteiger partial charge in [0.2, 0.25) is 5.82 Å². The normalized spacial score (nSPS) is 15.0. The number of carbonyl (C=O) groups is 1. The number of nitrogens with zero attached hydrogens (tertiary/aromatic N) is 5. The van der Waals surface area contributed by atoms with E-state index in [9.17, 15) is 4.79 Å². The van der Waals surface area contributed by atoms with Crippen molar-refractivity contribution < 1.29 is 4.79 Å². The summed E-state index contributed by atoms with van der Waals surface area (Å²) in [5.41, 5.74) is 3.33. The van der Waals surface area contributed by atoms with Gasteiger partial charge in [0.1, 0.15) is 5.82 Å². The topological polar surface area (TPSA) is 83.9 Å². The van der Waals surface area contributed by atoms with Crippen molar-refractivity contribution in [2.75, 3.05) is 18.0 Å². The number of anilines is 1. The lowest BCUT2D eigenvalue weighted by Gasteiger charge is -2.20. The number of fused-ring (bicyclic) bond motifs is 1. The second kappa shape index (κ2) is 7.50. The van der Waals surface area contributed by atoms with E-state index < -0.39 is 0 Å². The van der Waals surface area contributed by atoms with E-state index in [1.807, 2.05) is 45.0 Å². The molecule has 1 N–H and O–H groups in total. The average Bonchev–Trinajstić information content (AvgIpc) is 3.22. The number of hydrogen-bond acceptors (Lipinski definition) is 6. The molecule has 1 amide bonds. The van der Waals surface area contributed by atoms with Crippen LogP contribution in [0.15, 0.2) is 30.5 Å². The van der Waals surface area contributed by atoms with E-state index in [1.54, 1.807) is 6.20 Å². The predicted octanol–water partition coefficient (Wildman–Crippen LogP) is 3.13. The third kappa shape index (κ3) is 3.52. The summed E-state index contributed by atoms with van der Waals surface area (Å²) in [5, 5.41) is 3.88. The standard InChI is InChI=1S/C21H24N6O/c1-13-12-14(2)23-18-17(13)20(27-10-6-7-11-27)26-19(25-18)21(28)24-15(3)16-8-4-5-9-22-16/h4-5,8-9,12,15H,6-7,10-11H2,1-3H3,(H,24,28)/t15-/m1/s1. The van der Waals surface area contributed by atoms with E-state index in [-0.39, 0.29) is 17.8 Å². The molecule has 3 aromatic heterocycles. The molecule has 1 fully saturated rings. The van der Waals surface area contributed by atoms with Crippen LogP contribution in [0, 0.1) is 13.8 Å². The molecule has 7 nitrogen and oxygen atoms in total. The molecule has 0 bridgehead atoms. The highest BCUT2D eigenvalue weighted by molar-refractivity contribution is 5.97. The molecule has 0 saturated carbocycles. The van der Waals surface area contributed by atoms with Gasteiger partial charge in [0.25, 0.3) is 5.91 Å². The van der Waals surface area contributed by atoms with Crippen LogP contribution in [-0.2, 0) is 0 Å². The number of aryl methyl sites for hydroxylation is 2. The van der Waals surface area contributed by atoms with E-state index in [2.05, 4.69) is 30.2 Å². The molecule has 144 valence electrons. The van der Waals surface area contributed by atoms with E-state index in [4.69, 9.17) is 0 Å². The molecule has 1 aliphatic rings. The minimum atomic E-state index is -0.318. The van der Waals surface area contributed by atoms with Crippen LogP contribution in [0.5, 0.6) is 0 Å². The molecule has 4 rings (SSSR count). The molecule has 4 heterocycles. The number of pyridine rings is 2. The zero-order chi connectivity index (χ0) is 19.7. The maximum Gasteiger partial charge on any atom is 0.289 e. The van der Waals surface area contributed by atoms with Crippen LogP contribution in [-0.4, -0.2) is 38.9 Å². The van der Waals surface area contributed by atoms with E-state index >= 15 is 0 Å². The summed E-state index contributed by atoms with van der Waals surface area (Å²) in [5.74, 6) is 0.638. The molecule has 0 radical (unpaired) electrons. The first-order valence-corrected chi connectivity index (χ1v) is 9.65. The number of amides is 1. The Morgan fingerprint density at radius 3 is 2.64 bits per heavy atom. The minimum absolute atomic E-state index is 0.148. The summed E-state index contributed by atoms with van der Waals surface area (Å²) in [6, 6.07) is 7.43. The molecule has 3 aromatic rings. The lowest BCUT2D eigenvalue weighted by molar-refractivity contribution is 0.0929. The second-order valence-corrected chi connectivity index (χ2v) is 7.29. The van der Waals surface area contributed by atoms with Crippen molar-refractivity contribution in [1.82, 2.24) is 25.3 Å². The third-order valence-corrected chi connectivity index (χ3v) is 5.06. The van der Waals surface area contributed by atoms with Gasteiger partial charge < -0.3 is 10.2 Å². The Balaban J connectivity index is 1.73. The highest BCUT2D eigenvalue weighted by atomic mass is 16.2. The molecular weight excluding hydrogens is 352 g/mol. The number of hydrogen-bond donors (Lipinski definition) is 1. The lowest BCUT2D eigenvalue weighted by Crippen LogP contribution is -2.30. The molecule has 28 heavy (non-hydrogen) atoms. The highest BCUT2D eigenvalue weighted by Gasteiger charge is 2.23. The van der Waals surface area contributed by atoms with Crippen molar-refractivity contribution in [1.29, 1.82) is 0 Å². The molecule has 1 aliphatic heterocycles. The third-order valence-electron chi connectivity index (χ3n) is 5.06. The Morgan fingerprint density at radius 1 is 1.14 bits per heavy atom. The van der Waals surface area contributed by atoms with Gasteiger partial charge >= 0.3 is 0 Å². The van der Waals surface area contributed by atoms with Crippen molar-refractivity contribution in [3.63, 3.8) is 0 Å². The van der Waals surface area contributed by atoms with Crippen LogP contribution in [0.4, 0.5) is 5.82 Å². The first kappa shape index (κ1) is 18.3. The highest BCUT2D eigenvalue weighted by Crippen LogP contribution is 2.29. The smallest absolute Gasteiger partial charge is 0.289 e. The molecule has 1 atom stereocenters. The van der Waals surface area contributed by atoms with Crippen LogP contribution in [0.3, 0.4) is 0 Å².